The number of hydrogen-bond acceptors (Lipinski definition) is 3. The molecule has 1 aromatic carbocycles. The highest BCUT2D eigenvalue weighted by Gasteiger charge is 2.14. The molecule has 0 aromatic heterocycles. The van der Waals surface area contributed by atoms with Crippen molar-refractivity contribution in [3.05, 3.63) is 34.9 Å². The van der Waals surface area contributed by atoms with Crippen LogP contribution in [0.15, 0.2) is 24.3 Å². The van der Waals surface area contributed by atoms with Crippen molar-refractivity contribution in [1.29, 1.82) is 0 Å². The molecule has 2 N–H and O–H groups in total. The van der Waals surface area contributed by atoms with Crippen LogP contribution >= 0.6 is 24.0 Å². The molecule has 1 saturated heterocycles. The van der Waals surface area contributed by atoms with Crippen molar-refractivity contribution < 1.29 is 4.79 Å². The van der Waals surface area contributed by atoms with Crippen LogP contribution in [-0.4, -0.2) is 43.5 Å². The zero-order valence-electron chi connectivity index (χ0n) is 12.3. The largest absolute Gasteiger partial charge is 0.348 e. The lowest BCUT2D eigenvalue weighted by atomic mass is 10.1. The first-order valence-corrected chi connectivity index (χ1v) is 7.51. The van der Waals surface area contributed by atoms with Crippen LogP contribution in [0, 0.1) is 0 Å². The lowest BCUT2D eigenvalue weighted by Gasteiger charge is -2.21. The summed E-state index contributed by atoms with van der Waals surface area (Å²) in [6, 6.07) is 7.59. The Morgan fingerprint density at radius 3 is 2.76 bits per heavy atom. The summed E-state index contributed by atoms with van der Waals surface area (Å²) in [6.45, 7) is 6.38. The van der Waals surface area contributed by atoms with Gasteiger partial charge in [0.05, 0.1) is 12.6 Å². The van der Waals surface area contributed by atoms with E-state index in [9.17, 15) is 4.79 Å². The van der Waals surface area contributed by atoms with Crippen LogP contribution in [0.2, 0.25) is 5.02 Å². The predicted octanol–water partition coefficient (Wildman–Crippen LogP) is 2.23. The van der Waals surface area contributed by atoms with Gasteiger partial charge in [0.15, 0.2) is 0 Å². The van der Waals surface area contributed by atoms with Crippen molar-refractivity contribution in [2.24, 2.45) is 0 Å². The third-order valence-corrected chi connectivity index (χ3v) is 3.80. The van der Waals surface area contributed by atoms with Gasteiger partial charge in [0.2, 0.25) is 5.91 Å². The summed E-state index contributed by atoms with van der Waals surface area (Å²) < 4.78 is 0. The van der Waals surface area contributed by atoms with Crippen LogP contribution in [0.1, 0.15) is 24.9 Å². The minimum atomic E-state index is 0. The molecule has 0 bridgehead atoms. The van der Waals surface area contributed by atoms with Gasteiger partial charge in [-0.2, -0.15) is 0 Å². The Hall–Kier alpha value is -0.810. The Kier molecular flexibility index (Phi) is 8.04. The maximum atomic E-state index is 12.1. The summed E-state index contributed by atoms with van der Waals surface area (Å²) in [6.07, 6.45) is 1.10. The lowest BCUT2D eigenvalue weighted by molar-refractivity contribution is -0.122. The maximum absolute atomic E-state index is 12.1. The van der Waals surface area contributed by atoms with Gasteiger partial charge in [-0.15, -0.1) is 12.4 Å². The number of carbonyl (C=O) groups excluding carboxylic acids is 1. The number of nitrogens with one attached hydrogen (secondary N) is 2. The molecule has 21 heavy (non-hydrogen) atoms. The third-order valence-electron chi connectivity index (χ3n) is 3.55. The van der Waals surface area contributed by atoms with Gasteiger partial charge in [0, 0.05) is 18.1 Å². The Morgan fingerprint density at radius 2 is 2.05 bits per heavy atom. The fraction of sp³-hybridized carbons (Fsp3) is 0.533. The van der Waals surface area contributed by atoms with Crippen molar-refractivity contribution in [2.45, 2.75) is 19.4 Å². The summed E-state index contributed by atoms with van der Waals surface area (Å²) in [4.78, 5) is 14.3. The van der Waals surface area contributed by atoms with Crippen LogP contribution in [0.4, 0.5) is 0 Å². The van der Waals surface area contributed by atoms with Gasteiger partial charge in [-0.05, 0) is 44.1 Å². The highest BCUT2D eigenvalue weighted by molar-refractivity contribution is 6.30. The number of nitrogens with zero attached hydrogens (tertiary/aromatic N) is 1. The number of rotatable bonds is 4. The number of hydrogen-bond donors (Lipinski definition) is 2. The van der Waals surface area contributed by atoms with E-state index in [-0.39, 0.29) is 24.4 Å². The quantitative estimate of drug-likeness (QED) is 0.889. The Labute approximate surface area is 137 Å². The Balaban J connectivity index is 0.00000220. The molecule has 0 saturated carbocycles. The minimum absolute atomic E-state index is 0. The summed E-state index contributed by atoms with van der Waals surface area (Å²) in [7, 11) is 0. The molecule has 6 heteroatoms. The molecular weight excluding hydrogens is 309 g/mol. The maximum Gasteiger partial charge on any atom is 0.234 e. The van der Waals surface area contributed by atoms with Crippen molar-refractivity contribution in [3.63, 3.8) is 0 Å². The molecule has 0 spiro atoms. The van der Waals surface area contributed by atoms with Gasteiger partial charge in [-0.3, -0.25) is 9.69 Å². The second-order valence-corrected chi connectivity index (χ2v) is 5.66. The second kappa shape index (κ2) is 9.26. The van der Waals surface area contributed by atoms with E-state index in [4.69, 9.17) is 11.6 Å². The monoisotopic (exact) mass is 331 g/mol. The van der Waals surface area contributed by atoms with Gasteiger partial charge < -0.3 is 10.6 Å². The van der Waals surface area contributed by atoms with E-state index in [0.717, 1.165) is 38.2 Å². The third kappa shape index (κ3) is 6.22. The van der Waals surface area contributed by atoms with E-state index in [2.05, 4.69) is 15.5 Å². The number of benzene rings is 1. The van der Waals surface area contributed by atoms with E-state index in [1.165, 1.54) is 0 Å². The molecule has 0 radical (unpaired) electrons. The summed E-state index contributed by atoms with van der Waals surface area (Å²) in [5.41, 5.74) is 1.07. The number of carbonyl (C=O) groups is 1. The standard InChI is InChI=1S/C15H22ClN3O.ClH/c1-12(13-3-5-14(16)6-4-13)18-15(20)11-19-9-2-7-17-8-10-19;/h3-6,12,17H,2,7-11H2,1H3,(H,18,20);1H. The second-order valence-electron chi connectivity index (χ2n) is 5.22. The first-order chi connectivity index (χ1) is 9.65. The van der Waals surface area contributed by atoms with Crippen LogP contribution < -0.4 is 10.6 Å². The molecule has 2 rings (SSSR count). The molecule has 1 aliphatic heterocycles. The zero-order chi connectivity index (χ0) is 14.4. The minimum Gasteiger partial charge on any atom is -0.348 e. The first-order valence-electron chi connectivity index (χ1n) is 7.13. The summed E-state index contributed by atoms with van der Waals surface area (Å²) >= 11 is 5.87. The molecule has 1 heterocycles. The van der Waals surface area contributed by atoms with Gasteiger partial charge >= 0.3 is 0 Å². The number of halogens is 2. The average molecular weight is 332 g/mol. The average Bonchev–Trinajstić information content (AvgIpc) is 2.68. The summed E-state index contributed by atoms with van der Waals surface area (Å²) in [5, 5.41) is 7.09. The fourth-order valence-corrected chi connectivity index (χ4v) is 2.51. The number of amides is 1. The van der Waals surface area contributed by atoms with Gasteiger partial charge in [-0.25, -0.2) is 0 Å². The predicted molar refractivity (Wildman–Crippen MR) is 89.2 cm³/mol. The zero-order valence-corrected chi connectivity index (χ0v) is 13.8. The molecule has 118 valence electrons. The highest BCUT2D eigenvalue weighted by atomic mass is 35.5. The molecule has 1 unspecified atom stereocenters. The smallest absolute Gasteiger partial charge is 0.234 e. The van der Waals surface area contributed by atoms with E-state index in [1.54, 1.807) is 0 Å². The van der Waals surface area contributed by atoms with Crippen molar-refractivity contribution >= 4 is 29.9 Å². The first kappa shape index (κ1) is 18.2. The normalized spacial score (nSPS) is 17.4. The van der Waals surface area contributed by atoms with E-state index in [0.29, 0.717) is 11.6 Å². The van der Waals surface area contributed by atoms with Crippen LogP contribution in [0.3, 0.4) is 0 Å². The Bertz CT molecular complexity index is 431. The van der Waals surface area contributed by atoms with Crippen LogP contribution in [-0.2, 0) is 4.79 Å². The SMILES string of the molecule is CC(NC(=O)CN1CCCNCC1)c1ccc(Cl)cc1.Cl. The molecule has 1 aliphatic rings. The fourth-order valence-electron chi connectivity index (χ4n) is 2.38. The van der Waals surface area contributed by atoms with Crippen LogP contribution in [0.25, 0.3) is 0 Å². The molecule has 1 aromatic rings. The van der Waals surface area contributed by atoms with Crippen molar-refractivity contribution in [2.75, 3.05) is 32.7 Å². The molecule has 4 nitrogen and oxygen atoms in total. The van der Waals surface area contributed by atoms with E-state index in [1.807, 2.05) is 31.2 Å². The van der Waals surface area contributed by atoms with Crippen LogP contribution in [0.5, 0.6) is 0 Å². The topological polar surface area (TPSA) is 44.4 Å². The van der Waals surface area contributed by atoms with Gasteiger partial charge in [-0.1, -0.05) is 23.7 Å². The molecule has 1 fully saturated rings. The van der Waals surface area contributed by atoms with E-state index >= 15 is 0 Å². The summed E-state index contributed by atoms with van der Waals surface area (Å²) in [5.74, 6) is 0.0781. The molecule has 0 aliphatic carbocycles. The van der Waals surface area contributed by atoms with Gasteiger partial charge in [0.25, 0.3) is 0 Å². The molecule has 1 atom stereocenters. The van der Waals surface area contributed by atoms with Crippen molar-refractivity contribution in [1.82, 2.24) is 15.5 Å². The van der Waals surface area contributed by atoms with Crippen molar-refractivity contribution in [3.8, 4) is 0 Å². The van der Waals surface area contributed by atoms with Gasteiger partial charge in [0.1, 0.15) is 0 Å². The molecular formula is C15H23Cl2N3O. The highest BCUT2D eigenvalue weighted by Crippen LogP contribution is 2.15. The Morgan fingerprint density at radius 1 is 1.33 bits per heavy atom. The van der Waals surface area contributed by atoms with E-state index < -0.39 is 0 Å². The lowest BCUT2D eigenvalue weighted by Crippen LogP contribution is -2.39. The molecule has 1 amide bonds.